The Kier molecular flexibility index (Phi) is 7.47. The Morgan fingerprint density at radius 2 is 1.58 bits per heavy atom. The summed E-state index contributed by atoms with van der Waals surface area (Å²) in [5.41, 5.74) is 5.28. The number of benzene rings is 3. The number of aromatic nitrogens is 1. The molecule has 0 saturated carbocycles. The van der Waals surface area contributed by atoms with Crippen molar-refractivity contribution in [1.82, 2.24) is 10.3 Å². The molecular formula is C27H27N3O2S. The molecular weight excluding hydrogens is 430 g/mol. The van der Waals surface area contributed by atoms with Gasteiger partial charge in [0, 0.05) is 35.2 Å². The fraction of sp³-hybridized carbons (Fsp3) is 0.185. The molecule has 1 atom stereocenters. The van der Waals surface area contributed by atoms with Crippen LogP contribution in [0.3, 0.4) is 0 Å². The predicted molar refractivity (Wildman–Crippen MR) is 137 cm³/mol. The van der Waals surface area contributed by atoms with Crippen molar-refractivity contribution in [2.24, 2.45) is 0 Å². The zero-order valence-electron chi connectivity index (χ0n) is 18.5. The zero-order chi connectivity index (χ0) is 23.0. The van der Waals surface area contributed by atoms with Crippen LogP contribution in [0.5, 0.6) is 0 Å². The van der Waals surface area contributed by atoms with Gasteiger partial charge in [-0.3, -0.25) is 9.59 Å². The highest BCUT2D eigenvalue weighted by Crippen LogP contribution is 2.30. The van der Waals surface area contributed by atoms with Crippen molar-refractivity contribution in [3.8, 4) is 0 Å². The molecule has 0 aliphatic rings. The molecule has 0 aliphatic carbocycles. The molecule has 4 aromatic rings. The molecule has 6 heteroatoms. The van der Waals surface area contributed by atoms with Crippen LogP contribution in [0.4, 0.5) is 5.69 Å². The summed E-state index contributed by atoms with van der Waals surface area (Å²) in [4.78, 5) is 28.0. The number of aryl methyl sites for hydroxylation is 1. The standard InChI is InChI=1S/C27H27N3O2S/c1-19-11-13-21(14-12-19)30-27(32)18-33-17-26(31)29-15-23(20-7-3-2-4-8-20)24-16-28-25-10-6-5-9-22(24)25/h2-14,16,23,28H,15,17-18H2,1H3,(H,29,31)(H,30,32). The number of thioether (sulfide) groups is 1. The van der Waals surface area contributed by atoms with Crippen molar-refractivity contribution in [2.75, 3.05) is 23.4 Å². The van der Waals surface area contributed by atoms with Crippen LogP contribution >= 0.6 is 11.8 Å². The monoisotopic (exact) mass is 457 g/mol. The Hall–Kier alpha value is -3.51. The lowest BCUT2D eigenvalue weighted by Crippen LogP contribution is -2.30. The van der Waals surface area contributed by atoms with E-state index >= 15 is 0 Å². The number of anilines is 1. The van der Waals surface area contributed by atoms with Crippen LogP contribution in [0, 0.1) is 6.92 Å². The Morgan fingerprint density at radius 1 is 0.879 bits per heavy atom. The first-order chi connectivity index (χ1) is 16.1. The normalized spacial score (nSPS) is 11.8. The average molecular weight is 458 g/mol. The number of hydrogen-bond donors (Lipinski definition) is 3. The molecule has 2 amide bonds. The van der Waals surface area contributed by atoms with E-state index in [0.717, 1.165) is 33.3 Å². The summed E-state index contributed by atoms with van der Waals surface area (Å²) >= 11 is 1.31. The molecule has 5 nitrogen and oxygen atoms in total. The Balaban J connectivity index is 1.33. The van der Waals surface area contributed by atoms with Gasteiger partial charge in [-0.2, -0.15) is 0 Å². The first-order valence-corrected chi connectivity index (χ1v) is 12.1. The number of H-pyrrole nitrogens is 1. The van der Waals surface area contributed by atoms with Crippen molar-refractivity contribution in [3.63, 3.8) is 0 Å². The SMILES string of the molecule is Cc1ccc(NC(=O)CSCC(=O)NCC(c2ccccc2)c2c[nH]c3ccccc23)cc1. The van der Waals surface area contributed by atoms with Crippen LogP contribution in [0.25, 0.3) is 10.9 Å². The number of hydrogen-bond acceptors (Lipinski definition) is 3. The quantitative estimate of drug-likeness (QED) is 0.328. The minimum Gasteiger partial charge on any atom is -0.361 e. The van der Waals surface area contributed by atoms with E-state index in [2.05, 4.69) is 39.9 Å². The third-order valence-electron chi connectivity index (χ3n) is 5.50. The second-order valence-electron chi connectivity index (χ2n) is 7.96. The fourth-order valence-electron chi connectivity index (χ4n) is 3.81. The highest BCUT2D eigenvalue weighted by molar-refractivity contribution is 8.00. The second-order valence-corrected chi connectivity index (χ2v) is 8.95. The van der Waals surface area contributed by atoms with E-state index in [4.69, 9.17) is 0 Å². The molecule has 0 radical (unpaired) electrons. The third kappa shape index (κ3) is 6.05. The number of para-hydroxylation sites is 1. The molecule has 0 spiro atoms. The number of carbonyl (C=O) groups excluding carboxylic acids is 2. The fourth-order valence-corrected chi connectivity index (χ4v) is 4.46. The molecule has 3 aromatic carbocycles. The topological polar surface area (TPSA) is 74.0 Å². The number of fused-ring (bicyclic) bond motifs is 1. The third-order valence-corrected chi connectivity index (χ3v) is 6.44. The summed E-state index contributed by atoms with van der Waals surface area (Å²) in [6.07, 6.45) is 2.03. The Morgan fingerprint density at radius 3 is 2.36 bits per heavy atom. The molecule has 3 N–H and O–H groups in total. The van der Waals surface area contributed by atoms with E-state index in [9.17, 15) is 9.59 Å². The largest absolute Gasteiger partial charge is 0.361 e. The smallest absolute Gasteiger partial charge is 0.234 e. The highest BCUT2D eigenvalue weighted by atomic mass is 32.2. The summed E-state index contributed by atoms with van der Waals surface area (Å²) in [7, 11) is 0. The lowest BCUT2D eigenvalue weighted by atomic mass is 9.91. The Bertz CT molecular complexity index is 1220. The van der Waals surface area contributed by atoms with Crippen LogP contribution < -0.4 is 10.6 Å². The zero-order valence-corrected chi connectivity index (χ0v) is 19.3. The number of amides is 2. The van der Waals surface area contributed by atoms with Crippen LogP contribution in [-0.4, -0.2) is 34.8 Å². The van der Waals surface area contributed by atoms with E-state index < -0.39 is 0 Å². The minimum atomic E-state index is -0.113. The van der Waals surface area contributed by atoms with Gasteiger partial charge in [0.1, 0.15) is 0 Å². The maximum absolute atomic E-state index is 12.5. The van der Waals surface area contributed by atoms with Crippen LogP contribution in [-0.2, 0) is 9.59 Å². The molecule has 1 aromatic heterocycles. The van der Waals surface area contributed by atoms with E-state index in [1.54, 1.807) is 0 Å². The summed E-state index contributed by atoms with van der Waals surface area (Å²) in [6, 6.07) is 26.0. The van der Waals surface area contributed by atoms with Crippen molar-refractivity contribution in [1.29, 1.82) is 0 Å². The van der Waals surface area contributed by atoms with Crippen molar-refractivity contribution >= 4 is 40.2 Å². The molecule has 0 fully saturated rings. The maximum Gasteiger partial charge on any atom is 0.234 e. The molecule has 1 heterocycles. The first-order valence-electron chi connectivity index (χ1n) is 10.9. The molecule has 4 rings (SSSR count). The van der Waals surface area contributed by atoms with Gasteiger partial charge in [0.2, 0.25) is 11.8 Å². The molecule has 168 valence electrons. The Labute approximate surface area is 198 Å². The molecule has 1 unspecified atom stereocenters. The highest BCUT2D eigenvalue weighted by Gasteiger charge is 2.19. The minimum absolute atomic E-state index is 0.0288. The van der Waals surface area contributed by atoms with Gasteiger partial charge < -0.3 is 15.6 Å². The van der Waals surface area contributed by atoms with Crippen molar-refractivity contribution in [2.45, 2.75) is 12.8 Å². The van der Waals surface area contributed by atoms with Gasteiger partial charge in [-0.1, -0.05) is 66.2 Å². The maximum atomic E-state index is 12.5. The summed E-state index contributed by atoms with van der Waals surface area (Å²) in [5.74, 6) is 0.297. The second kappa shape index (κ2) is 10.9. The van der Waals surface area contributed by atoms with Crippen LogP contribution in [0.1, 0.15) is 22.6 Å². The molecule has 0 saturated heterocycles. The van der Waals surface area contributed by atoms with Crippen molar-refractivity contribution < 1.29 is 9.59 Å². The van der Waals surface area contributed by atoms with Gasteiger partial charge >= 0.3 is 0 Å². The van der Waals surface area contributed by atoms with Gasteiger partial charge in [0.25, 0.3) is 0 Å². The van der Waals surface area contributed by atoms with E-state index in [0.29, 0.717) is 6.54 Å². The van der Waals surface area contributed by atoms with E-state index in [1.165, 1.54) is 11.8 Å². The number of aromatic amines is 1. The summed E-state index contributed by atoms with van der Waals surface area (Å²) < 4.78 is 0. The molecule has 0 bridgehead atoms. The van der Waals surface area contributed by atoms with E-state index in [-0.39, 0.29) is 29.2 Å². The van der Waals surface area contributed by atoms with Gasteiger partial charge in [-0.05, 0) is 36.2 Å². The number of carbonyl (C=O) groups is 2. The lowest BCUT2D eigenvalue weighted by molar-refractivity contribution is -0.118. The van der Waals surface area contributed by atoms with Crippen LogP contribution in [0.2, 0.25) is 0 Å². The summed E-state index contributed by atoms with van der Waals surface area (Å²) in [5, 5.41) is 7.07. The lowest BCUT2D eigenvalue weighted by Gasteiger charge is -2.18. The average Bonchev–Trinajstić information content (AvgIpc) is 3.25. The molecule has 33 heavy (non-hydrogen) atoms. The number of nitrogens with one attached hydrogen (secondary N) is 3. The van der Waals surface area contributed by atoms with Crippen molar-refractivity contribution in [3.05, 3.63) is 102 Å². The predicted octanol–water partition coefficient (Wildman–Crippen LogP) is 5.10. The van der Waals surface area contributed by atoms with Gasteiger partial charge in [0.15, 0.2) is 0 Å². The van der Waals surface area contributed by atoms with Gasteiger partial charge in [-0.15, -0.1) is 11.8 Å². The van der Waals surface area contributed by atoms with Gasteiger partial charge in [-0.25, -0.2) is 0 Å². The van der Waals surface area contributed by atoms with E-state index in [1.807, 2.05) is 67.7 Å². The first kappa shape index (κ1) is 22.7. The van der Waals surface area contributed by atoms with Crippen LogP contribution in [0.15, 0.2) is 85.1 Å². The molecule has 0 aliphatic heterocycles. The summed E-state index contributed by atoms with van der Waals surface area (Å²) in [6.45, 7) is 2.49. The number of rotatable bonds is 9. The van der Waals surface area contributed by atoms with Gasteiger partial charge in [0.05, 0.1) is 11.5 Å².